The van der Waals surface area contributed by atoms with E-state index in [0.29, 0.717) is 18.1 Å². The first kappa shape index (κ1) is 13.1. The number of fused-ring (bicyclic) bond motifs is 2. The van der Waals surface area contributed by atoms with Crippen molar-refractivity contribution in [2.75, 3.05) is 0 Å². The van der Waals surface area contributed by atoms with E-state index in [4.69, 9.17) is 0 Å². The average molecular weight is 323 g/mol. The lowest BCUT2D eigenvalue weighted by Gasteiger charge is -2.29. The molecule has 0 spiro atoms. The van der Waals surface area contributed by atoms with E-state index in [1.165, 1.54) is 12.8 Å². The van der Waals surface area contributed by atoms with Crippen LogP contribution < -0.4 is 10.6 Å². The molecule has 3 rings (SSSR count). The van der Waals surface area contributed by atoms with Crippen LogP contribution in [0, 0.1) is 6.92 Å². The Hall–Kier alpha value is -0.870. The van der Waals surface area contributed by atoms with Gasteiger partial charge in [0, 0.05) is 22.6 Å². The normalized spacial score (nSPS) is 29.3. The topological polar surface area (TPSA) is 41.1 Å². The fourth-order valence-electron chi connectivity index (χ4n) is 3.24. The third-order valence-corrected chi connectivity index (χ3v) is 4.83. The van der Waals surface area contributed by atoms with Gasteiger partial charge in [-0.25, -0.2) is 0 Å². The van der Waals surface area contributed by atoms with Crippen LogP contribution in [0.3, 0.4) is 0 Å². The van der Waals surface area contributed by atoms with Crippen LogP contribution in [0.5, 0.6) is 0 Å². The molecule has 2 aliphatic rings. The summed E-state index contributed by atoms with van der Waals surface area (Å²) in [5, 5.41) is 6.78. The minimum atomic E-state index is 0.0400. The highest BCUT2D eigenvalue weighted by atomic mass is 79.9. The van der Waals surface area contributed by atoms with Crippen LogP contribution in [0.4, 0.5) is 0 Å². The van der Waals surface area contributed by atoms with Crippen LogP contribution in [-0.4, -0.2) is 24.0 Å². The van der Waals surface area contributed by atoms with Gasteiger partial charge in [-0.2, -0.15) is 0 Å². The molecule has 1 aromatic rings. The molecule has 0 radical (unpaired) electrons. The highest BCUT2D eigenvalue weighted by molar-refractivity contribution is 9.10. The van der Waals surface area contributed by atoms with Gasteiger partial charge in [0.15, 0.2) is 0 Å². The number of carbonyl (C=O) groups is 1. The molecule has 1 amide bonds. The van der Waals surface area contributed by atoms with Crippen molar-refractivity contribution in [2.45, 2.75) is 50.7 Å². The van der Waals surface area contributed by atoms with Gasteiger partial charge >= 0.3 is 0 Å². The average Bonchev–Trinajstić information content (AvgIpc) is 2.68. The first-order chi connectivity index (χ1) is 9.11. The van der Waals surface area contributed by atoms with Crippen molar-refractivity contribution in [1.82, 2.24) is 10.6 Å². The molecule has 2 N–H and O–H groups in total. The molecule has 3 nitrogen and oxygen atoms in total. The van der Waals surface area contributed by atoms with Gasteiger partial charge < -0.3 is 10.6 Å². The van der Waals surface area contributed by atoms with Crippen LogP contribution in [0.2, 0.25) is 0 Å². The van der Waals surface area contributed by atoms with Crippen molar-refractivity contribution in [3.05, 3.63) is 33.8 Å². The third-order valence-electron chi connectivity index (χ3n) is 4.18. The number of benzene rings is 1. The van der Waals surface area contributed by atoms with Crippen molar-refractivity contribution in [1.29, 1.82) is 0 Å². The molecule has 102 valence electrons. The summed E-state index contributed by atoms with van der Waals surface area (Å²) in [5.41, 5.74) is 1.89. The van der Waals surface area contributed by atoms with E-state index in [1.54, 1.807) is 0 Å². The number of nitrogens with one attached hydrogen (secondary N) is 2. The Balaban J connectivity index is 1.68. The second-order valence-corrected chi connectivity index (χ2v) is 6.62. The Morgan fingerprint density at radius 2 is 2.00 bits per heavy atom. The maximum atomic E-state index is 12.3. The highest BCUT2D eigenvalue weighted by Crippen LogP contribution is 2.27. The molecule has 2 atom stereocenters. The molecule has 0 saturated carbocycles. The zero-order chi connectivity index (χ0) is 13.4. The monoisotopic (exact) mass is 322 g/mol. The number of amides is 1. The maximum absolute atomic E-state index is 12.3. The number of rotatable bonds is 2. The van der Waals surface area contributed by atoms with Crippen molar-refractivity contribution < 1.29 is 4.79 Å². The standard InChI is InChI=1S/C15H19BrN2O/c1-9-2-5-13(14(16)6-9)15(19)18-12-7-10-3-4-11(8-12)17-10/h2,5-6,10-12,17H,3-4,7-8H2,1H3,(H,18,19). The highest BCUT2D eigenvalue weighted by Gasteiger charge is 2.34. The van der Waals surface area contributed by atoms with Gasteiger partial charge in [0.2, 0.25) is 0 Å². The second-order valence-electron chi connectivity index (χ2n) is 5.76. The molecule has 2 fully saturated rings. The number of aryl methyl sites for hydroxylation is 1. The summed E-state index contributed by atoms with van der Waals surface area (Å²) in [7, 11) is 0. The third kappa shape index (κ3) is 2.84. The minimum absolute atomic E-state index is 0.0400. The summed E-state index contributed by atoms with van der Waals surface area (Å²) >= 11 is 3.48. The fourth-order valence-corrected chi connectivity index (χ4v) is 3.92. The Kier molecular flexibility index (Phi) is 3.63. The quantitative estimate of drug-likeness (QED) is 0.879. The van der Waals surface area contributed by atoms with Crippen molar-refractivity contribution in [3.8, 4) is 0 Å². The molecule has 0 aliphatic carbocycles. The SMILES string of the molecule is Cc1ccc(C(=O)NC2CC3CCC(C2)N3)c(Br)c1. The summed E-state index contributed by atoms with van der Waals surface area (Å²) in [6, 6.07) is 7.38. The molecular weight excluding hydrogens is 304 g/mol. The molecule has 4 heteroatoms. The maximum Gasteiger partial charge on any atom is 0.252 e. The summed E-state index contributed by atoms with van der Waals surface area (Å²) in [6.07, 6.45) is 4.63. The van der Waals surface area contributed by atoms with Gasteiger partial charge in [-0.3, -0.25) is 4.79 Å². The predicted octanol–water partition coefficient (Wildman–Crippen LogP) is 2.77. The number of carbonyl (C=O) groups excluding carboxylic acids is 1. The van der Waals surface area contributed by atoms with E-state index in [-0.39, 0.29) is 5.91 Å². The van der Waals surface area contributed by atoms with Gasteiger partial charge in [0.25, 0.3) is 5.91 Å². The first-order valence-corrected chi connectivity index (χ1v) is 7.74. The predicted molar refractivity (Wildman–Crippen MR) is 79.3 cm³/mol. The zero-order valence-corrected chi connectivity index (χ0v) is 12.7. The Labute approximate surface area is 122 Å². The smallest absolute Gasteiger partial charge is 0.252 e. The molecule has 1 aromatic carbocycles. The largest absolute Gasteiger partial charge is 0.349 e. The van der Waals surface area contributed by atoms with Gasteiger partial charge in [-0.05, 0) is 66.2 Å². The number of hydrogen-bond acceptors (Lipinski definition) is 2. The summed E-state index contributed by atoms with van der Waals surface area (Å²) in [6.45, 7) is 2.02. The molecule has 2 aliphatic heterocycles. The van der Waals surface area contributed by atoms with Gasteiger partial charge in [-0.15, -0.1) is 0 Å². The van der Waals surface area contributed by atoms with E-state index < -0.39 is 0 Å². The van der Waals surface area contributed by atoms with Crippen molar-refractivity contribution in [3.63, 3.8) is 0 Å². The van der Waals surface area contributed by atoms with Crippen molar-refractivity contribution in [2.24, 2.45) is 0 Å². The van der Waals surface area contributed by atoms with Gasteiger partial charge in [0.05, 0.1) is 5.56 Å². The van der Waals surface area contributed by atoms with E-state index >= 15 is 0 Å². The Morgan fingerprint density at radius 3 is 2.63 bits per heavy atom. The van der Waals surface area contributed by atoms with E-state index in [2.05, 4.69) is 26.6 Å². The lowest BCUT2D eigenvalue weighted by Crippen LogP contribution is -2.48. The number of piperidine rings is 1. The lowest BCUT2D eigenvalue weighted by atomic mass is 9.99. The van der Waals surface area contributed by atoms with Gasteiger partial charge in [0.1, 0.15) is 0 Å². The second kappa shape index (κ2) is 5.25. The minimum Gasteiger partial charge on any atom is -0.349 e. The van der Waals surface area contributed by atoms with Crippen LogP contribution in [0.1, 0.15) is 41.6 Å². The van der Waals surface area contributed by atoms with Crippen molar-refractivity contribution >= 4 is 21.8 Å². The molecular formula is C15H19BrN2O. The fraction of sp³-hybridized carbons (Fsp3) is 0.533. The van der Waals surface area contributed by atoms with Gasteiger partial charge in [-0.1, -0.05) is 6.07 Å². The van der Waals surface area contributed by atoms with E-state index in [9.17, 15) is 4.79 Å². The molecule has 2 saturated heterocycles. The van der Waals surface area contributed by atoms with E-state index in [1.807, 2.05) is 25.1 Å². The summed E-state index contributed by atoms with van der Waals surface area (Å²) in [5.74, 6) is 0.0400. The molecule has 2 unspecified atom stereocenters. The number of hydrogen-bond donors (Lipinski definition) is 2. The molecule has 2 bridgehead atoms. The molecule has 2 heterocycles. The van der Waals surface area contributed by atoms with E-state index in [0.717, 1.165) is 28.4 Å². The molecule has 19 heavy (non-hydrogen) atoms. The lowest BCUT2D eigenvalue weighted by molar-refractivity contribution is 0.0923. The first-order valence-electron chi connectivity index (χ1n) is 6.95. The van der Waals surface area contributed by atoms with Crippen LogP contribution in [0.15, 0.2) is 22.7 Å². The Bertz CT molecular complexity index is 491. The summed E-state index contributed by atoms with van der Waals surface area (Å²) < 4.78 is 0.877. The number of halogens is 1. The Morgan fingerprint density at radius 1 is 1.32 bits per heavy atom. The summed E-state index contributed by atoms with van der Waals surface area (Å²) in [4.78, 5) is 12.3. The molecule has 0 aromatic heterocycles. The van der Waals surface area contributed by atoms with Crippen LogP contribution in [-0.2, 0) is 0 Å². The zero-order valence-electron chi connectivity index (χ0n) is 11.1. The van der Waals surface area contributed by atoms with Crippen LogP contribution in [0.25, 0.3) is 0 Å². The van der Waals surface area contributed by atoms with Crippen LogP contribution >= 0.6 is 15.9 Å².